The highest BCUT2D eigenvalue weighted by atomic mass is 32.2. The molecule has 0 aliphatic heterocycles. The lowest BCUT2D eigenvalue weighted by Crippen LogP contribution is -2.19. The highest BCUT2D eigenvalue weighted by Gasteiger charge is 2.11. The van der Waals surface area contributed by atoms with E-state index in [2.05, 4.69) is 44.2 Å². The topological polar surface area (TPSA) is 95.8 Å². The Morgan fingerprint density at radius 3 is 2.41 bits per heavy atom. The van der Waals surface area contributed by atoms with Crippen LogP contribution < -0.4 is 4.74 Å². The van der Waals surface area contributed by atoms with Crippen LogP contribution in [0.25, 0.3) is 11.4 Å². The van der Waals surface area contributed by atoms with Crippen LogP contribution in [0.5, 0.6) is 6.01 Å². The van der Waals surface area contributed by atoms with E-state index < -0.39 is 0 Å². The highest BCUT2D eigenvalue weighted by molar-refractivity contribution is 7.99. The second-order valence-corrected chi connectivity index (χ2v) is 6.34. The second-order valence-electron chi connectivity index (χ2n) is 4.80. The largest absolute Gasteiger partial charge is 0.457 e. The third-order valence-electron chi connectivity index (χ3n) is 2.39. The van der Waals surface area contributed by atoms with Gasteiger partial charge in [0.15, 0.2) is 0 Å². The third kappa shape index (κ3) is 4.85. The molecule has 0 saturated heterocycles. The highest BCUT2D eigenvalue weighted by Crippen LogP contribution is 2.21. The first kappa shape index (κ1) is 16.5. The normalized spacial score (nSPS) is 12.4. The number of rotatable bonds is 7. The van der Waals surface area contributed by atoms with E-state index >= 15 is 0 Å². The van der Waals surface area contributed by atoms with Crippen molar-refractivity contribution >= 4 is 11.8 Å². The molecule has 2 rings (SSSR count). The molecule has 118 valence electrons. The van der Waals surface area contributed by atoms with Crippen LogP contribution in [0.4, 0.5) is 0 Å². The molecule has 1 unspecified atom stereocenters. The lowest BCUT2D eigenvalue weighted by molar-refractivity contribution is 0.0848. The van der Waals surface area contributed by atoms with E-state index in [1.165, 1.54) is 24.2 Å². The van der Waals surface area contributed by atoms with Crippen molar-refractivity contribution in [1.29, 1.82) is 0 Å². The van der Waals surface area contributed by atoms with Crippen molar-refractivity contribution in [3.63, 3.8) is 0 Å². The minimum atomic E-state index is -0.169. The molecule has 0 bridgehead atoms. The lowest BCUT2D eigenvalue weighted by atomic mass is 10.3. The first-order valence-electron chi connectivity index (χ1n) is 6.80. The summed E-state index contributed by atoms with van der Waals surface area (Å²) in [7, 11) is 1.61. The summed E-state index contributed by atoms with van der Waals surface area (Å²) in [6.45, 7) is 6.44. The van der Waals surface area contributed by atoms with Gasteiger partial charge in [0.2, 0.25) is 5.16 Å². The maximum Gasteiger partial charge on any atom is 0.336 e. The van der Waals surface area contributed by atoms with Crippen molar-refractivity contribution < 1.29 is 9.47 Å². The molecule has 2 aromatic heterocycles. The molecule has 0 aliphatic rings. The standard InChI is InChI=1S/C13H18N6O2S/c1-8(2)22-13-17-11(6-15-19-13)10-5-14-18-12(16-10)21-9(3)7-20-4/h5-6,8-9H,7H2,1-4H3. The molecule has 8 nitrogen and oxygen atoms in total. The second kappa shape index (κ2) is 7.95. The van der Waals surface area contributed by atoms with Gasteiger partial charge in [0.05, 0.1) is 19.0 Å². The summed E-state index contributed by atoms with van der Waals surface area (Å²) in [5.41, 5.74) is 1.12. The predicted molar refractivity (Wildman–Crippen MR) is 81.6 cm³/mol. The van der Waals surface area contributed by atoms with Gasteiger partial charge in [-0.2, -0.15) is 15.2 Å². The molecule has 0 fully saturated rings. The average Bonchev–Trinajstić information content (AvgIpc) is 2.47. The predicted octanol–water partition coefficient (Wildman–Crippen LogP) is 1.64. The maximum atomic E-state index is 5.53. The van der Waals surface area contributed by atoms with Crippen LogP contribution in [-0.2, 0) is 4.74 Å². The van der Waals surface area contributed by atoms with E-state index in [1.807, 2.05) is 6.92 Å². The summed E-state index contributed by atoms with van der Waals surface area (Å²) < 4.78 is 10.5. The van der Waals surface area contributed by atoms with Gasteiger partial charge in [-0.3, -0.25) is 0 Å². The van der Waals surface area contributed by atoms with Crippen LogP contribution in [0, 0.1) is 0 Å². The molecule has 1 atom stereocenters. The van der Waals surface area contributed by atoms with Crippen LogP contribution in [0.15, 0.2) is 17.6 Å². The van der Waals surface area contributed by atoms with E-state index in [1.54, 1.807) is 7.11 Å². The van der Waals surface area contributed by atoms with Crippen LogP contribution in [-0.4, -0.2) is 55.4 Å². The van der Waals surface area contributed by atoms with E-state index in [0.717, 1.165) is 0 Å². The molecule has 0 radical (unpaired) electrons. The van der Waals surface area contributed by atoms with E-state index in [-0.39, 0.29) is 12.1 Å². The summed E-state index contributed by atoms with van der Waals surface area (Å²) in [6, 6.07) is 0.179. The maximum absolute atomic E-state index is 5.53. The summed E-state index contributed by atoms with van der Waals surface area (Å²) in [5.74, 6) is 0. The van der Waals surface area contributed by atoms with Crippen LogP contribution in [0.2, 0.25) is 0 Å². The van der Waals surface area contributed by atoms with Gasteiger partial charge in [0, 0.05) is 12.4 Å². The number of aromatic nitrogens is 6. The van der Waals surface area contributed by atoms with Crippen molar-refractivity contribution in [2.24, 2.45) is 0 Å². The fourth-order valence-corrected chi connectivity index (χ4v) is 2.25. The minimum Gasteiger partial charge on any atom is -0.457 e. The molecule has 0 amide bonds. The van der Waals surface area contributed by atoms with Gasteiger partial charge in [-0.1, -0.05) is 30.7 Å². The first-order valence-corrected chi connectivity index (χ1v) is 7.68. The summed E-state index contributed by atoms with van der Waals surface area (Å²) in [6.07, 6.45) is 2.89. The Balaban J connectivity index is 2.18. The zero-order valence-corrected chi connectivity index (χ0v) is 13.7. The number of thioether (sulfide) groups is 1. The Bertz CT molecular complexity index is 613. The van der Waals surface area contributed by atoms with Crippen LogP contribution in [0.3, 0.4) is 0 Å². The quantitative estimate of drug-likeness (QED) is 0.705. The Morgan fingerprint density at radius 1 is 1.05 bits per heavy atom. The zero-order chi connectivity index (χ0) is 15.9. The third-order valence-corrected chi connectivity index (χ3v) is 3.25. The number of hydrogen-bond acceptors (Lipinski definition) is 9. The van der Waals surface area contributed by atoms with Crippen molar-refractivity contribution in [2.75, 3.05) is 13.7 Å². The van der Waals surface area contributed by atoms with Crippen LogP contribution in [0.1, 0.15) is 20.8 Å². The van der Waals surface area contributed by atoms with Gasteiger partial charge in [-0.25, -0.2) is 4.98 Å². The Hall–Kier alpha value is -1.87. The van der Waals surface area contributed by atoms with E-state index in [4.69, 9.17) is 9.47 Å². The van der Waals surface area contributed by atoms with Gasteiger partial charge in [0.1, 0.15) is 17.5 Å². The molecule has 0 spiro atoms. The SMILES string of the molecule is COCC(C)Oc1nncc(-c2cnnc(SC(C)C)n2)n1. The summed E-state index contributed by atoms with van der Waals surface area (Å²) in [4.78, 5) is 8.71. The minimum absolute atomic E-state index is 0.169. The summed E-state index contributed by atoms with van der Waals surface area (Å²) >= 11 is 1.53. The van der Waals surface area contributed by atoms with Gasteiger partial charge >= 0.3 is 6.01 Å². The smallest absolute Gasteiger partial charge is 0.336 e. The van der Waals surface area contributed by atoms with E-state index in [0.29, 0.717) is 28.4 Å². The zero-order valence-electron chi connectivity index (χ0n) is 12.9. The number of nitrogens with zero attached hydrogens (tertiary/aromatic N) is 6. The first-order chi connectivity index (χ1) is 10.6. The van der Waals surface area contributed by atoms with Crippen molar-refractivity contribution in [2.45, 2.75) is 37.3 Å². The molecule has 2 aromatic rings. The molecular weight excluding hydrogens is 304 g/mol. The van der Waals surface area contributed by atoms with E-state index in [9.17, 15) is 0 Å². The Morgan fingerprint density at radius 2 is 1.73 bits per heavy atom. The number of hydrogen-bond donors (Lipinski definition) is 0. The van der Waals surface area contributed by atoms with Crippen molar-refractivity contribution in [1.82, 2.24) is 30.4 Å². The van der Waals surface area contributed by atoms with Gasteiger partial charge < -0.3 is 9.47 Å². The van der Waals surface area contributed by atoms with Crippen LogP contribution >= 0.6 is 11.8 Å². The molecule has 22 heavy (non-hydrogen) atoms. The average molecular weight is 322 g/mol. The van der Waals surface area contributed by atoms with Crippen molar-refractivity contribution in [3.8, 4) is 17.4 Å². The lowest BCUT2D eigenvalue weighted by Gasteiger charge is -2.11. The molecular formula is C13H18N6O2S. The summed E-state index contributed by atoms with van der Waals surface area (Å²) in [5, 5.41) is 16.7. The molecule has 0 aliphatic carbocycles. The molecule has 0 N–H and O–H groups in total. The monoisotopic (exact) mass is 322 g/mol. The molecule has 0 saturated carbocycles. The van der Waals surface area contributed by atoms with Gasteiger partial charge in [-0.15, -0.1) is 5.10 Å². The van der Waals surface area contributed by atoms with Gasteiger partial charge in [-0.05, 0) is 6.92 Å². The fraction of sp³-hybridized carbons (Fsp3) is 0.538. The number of ether oxygens (including phenoxy) is 2. The molecule has 0 aromatic carbocycles. The Labute approximate surface area is 133 Å². The van der Waals surface area contributed by atoms with Crippen molar-refractivity contribution in [3.05, 3.63) is 12.4 Å². The molecule has 2 heterocycles. The fourth-order valence-electron chi connectivity index (χ4n) is 1.58. The van der Waals surface area contributed by atoms with Gasteiger partial charge in [0.25, 0.3) is 0 Å². The molecule has 9 heteroatoms. The number of methoxy groups -OCH3 is 1. The Kier molecular flexibility index (Phi) is 5.96.